The molecule has 21 heavy (non-hydrogen) atoms. The number of aromatic amines is 1. The minimum atomic E-state index is -0.209. The minimum absolute atomic E-state index is 0.209. The average molecular weight is 275 g/mol. The zero-order chi connectivity index (χ0) is 14.4. The zero-order valence-corrected chi connectivity index (χ0v) is 11.7. The lowest BCUT2D eigenvalue weighted by molar-refractivity contribution is 0.628. The zero-order valence-electron chi connectivity index (χ0n) is 11.7. The Morgan fingerprint density at radius 1 is 0.857 bits per heavy atom. The summed E-state index contributed by atoms with van der Waals surface area (Å²) in [6.45, 7) is 2.09. The summed E-state index contributed by atoms with van der Waals surface area (Å²) in [5.74, 6) is -0.209. The number of hydrogen-bond acceptors (Lipinski definition) is 0. The van der Waals surface area contributed by atoms with Gasteiger partial charge in [0, 0.05) is 21.9 Å². The van der Waals surface area contributed by atoms with Gasteiger partial charge >= 0.3 is 0 Å². The van der Waals surface area contributed by atoms with Crippen LogP contribution in [0.5, 0.6) is 0 Å². The highest BCUT2D eigenvalue weighted by atomic mass is 19.1. The summed E-state index contributed by atoms with van der Waals surface area (Å²) in [7, 11) is 0. The van der Waals surface area contributed by atoms with E-state index in [1.807, 2.05) is 18.2 Å². The van der Waals surface area contributed by atoms with Crippen LogP contribution in [0.1, 0.15) is 5.56 Å². The lowest BCUT2D eigenvalue weighted by Gasteiger charge is -2.06. The lowest BCUT2D eigenvalue weighted by Crippen LogP contribution is -1.83. The van der Waals surface area contributed by atoms with Crippen LogP contribution in [0.3, 0.4) is 0 Å². The number of fused-ring (bicyclic) bond motifs is 3. The van der Waals surface area contributed by atoms with Gasteiger partial charge in [0.05, 0.1) is 5.52 Å². The third-order valence-corrected chi connectivity index (χ3v) is 3.91. The Balaban J connectivity index is 2.10. The molecule has 0 aliphatic carbocycles. The number of benzene rings is 3. The second-order valence-electron chi connectivity index (χ2n) is 5.41. The van der Waals surface area contributed by atoms with E-state index in [0.29, 0.717) is 0 Å². The molecule has 0 radical (unpaired) electrons. The van der Waals surface area contributed by atoms with Crippen LogP contribution in [-0.4, -0.2) is 4.98 Å². The molecule has 1 aromatic heterocycles. The summed E-state index contributed by atoms with van der Waals surface area (Å²) < 4.78 is 13.2. The summed E-state index contributed by atoms with van der Waals surface area (Å²) in [6, 6.07) is 19.3. The topological polar surface area (TPSA) is 15.8 Å². The van der Waals surface area contributed by atoms with Crippen molar-refractivity contribution < 1.29 is 4.39 Å². The lowest BCUT2D eigenvalue weighted by atomic mass is 9.99. The van der Waals surface area contributed by atoms with Gasteiger partial charge in [-0.25, -0.2) is 4.39 Å². The summed E-state index contributed by atoms with van der Waals surface area (Å²) in [4.78, 5) is 3.49. The number of aromatic nitrogens is 1. The highest BCUT2D eigenvalue weighted by Gasteiger charge is 2.10. The number of H-pyrrole nitrogens is 1. The summed E-state index contributed by atoms with van der Waals surface area (Å²) in [6.07, 6.45) is 0. The van der Waals surface area contributed by atoms with Gasteiger partial charge in [-0.3, -0.25) is 0 Å². The van der Waals surface area contributed by atoms with Crippen molar-refractivity contribution in [1.82, 2.24) is 4.98 Å². The first-order chi connectivity index (χ1) is 10.2. The van der Waals surface area contributed by atoms with Crippen molar-refractivity contribution in [3.05, 3.63) is 72.0 Å². The van der Waals surface area contributed by atoms with Crippen molar-refractivity contribution in [2.45, 2.75) is 6.92 Å². The molecule has 2 heteroatoms. The van der Waals surface area contributed by atoms with Gasteiger partial charge in [-0.05, 0) is 48.4 Å². The molecule has 3 aromatic carbocycles. The molecule has 0 atom stereocenters. The van der Waals surface area contributed by atoms with Crippen LogP contribution in [0.25, 0.3) is 32.9 Å². The fourth-order valence-corrected chi connectivity index (χ4v) is 2.95. The highest BCUT2D eigenvalue weighted by molar-refractivity contribution is 6.12. The van der Waals surface area contributed by atoms with Gasteiger partial charge in [0.1, 0.15) is 5.82 Å². The van der Waals surface area contributed by atoms with Gasteiger partial charge in [-0.2, -0.15) is 0 Å². The van der Waals surface area contributed by atoms with E-state index in [2.05, 4.69) is 42.2 Å². The van der Waals surface area contributed by atoms with E-state index >= 15 is 0 Å². The Labute approximate surface area is 122 Å². The Kier molecular flexibility index (Phi) is 2.58. The number of halogens is 1. The van der Waals surface area contributed by atoms with E-state index in [9.17, 15) is 4.39 Å². The van der Waals surface area contributed by atoms with Crippen LogP contribution in [0.15, 0.2) is 60.7 Å². The van der Waals surface area contributed by atoms with Crippen LogP contribution in [0.2, 0.25) is 0 Å². The second-order valence-corrected chi connectivity index (χ2v) is 5.41. The van der Waals surface area contributed by atoms with E-state index < -0.39 is 0 Å². The second kappa shape index (κ2) is 4.45. The molecular formula is C19H14FN. The van der Waals surface area contributed by atoms with E-state index in [0.717, 1.165) is 22.2 Å². The average Bonchev–Trinajstić information content (AvgIpc) is 2.86. The minimum Gasteiger partial charge on any atom is -0.354 e. The van der Waals surface area contributed by atoms with Gasteiger partial charge in [-0.1, -0.05) is 30.3 Å². The molecule has 0 aliphatic heterocycles. The quantitative estimate of drug-likeness (QED) is 0.476. The first-order valence-electron chi connectivity index (χ1n) is 6.99. The molecule has 102 valence electrons. The molecule has 4 rings (SSSR count). The molecule has 0 unspecified atom stereocenters. The van der Waals surface area contributed by atoms with E-state index in [-0.39, 0.29) is 5.82 Å². The van der Waals surface area contributed by atoms with Crippen LogP contribution >= 0.6 is 0 Å². The fourth-order valence-electron chi connectivity index (χ4n) is 2.95. The molecule has 0 spiro atoms. The number of nitrogens with one attached hydrogen (secondary N) is 1. The SMILES string of the molecule is Cc1cc(-c2ccc(F)cc2)c2[nH]c3ccccc3c2c1. The van der Waals surface area contributed by atoms with Gasteiger partial charge in [0.25, 0.3) is 0 Å². The molecule has 0 saturated carbocycles. The third-order valence-electron chi connectivity index (χ3n) is 3.91. The molecule has 0 fully saturated rings. The van der Waals surface area contributed by atoms with Crippen molar-refractivity contribution in [3.63, 3.8) is 0 Å². The number of hydrogen-bond donors (Lipinski definition) is 1. The molecule has 0 saturated heterocycles. The van der Waals surface area contributed by atoms with Crippen LogP contribution in [-0.2, 0) is 0 Å². The molecule has 1 N–H and O–H groups in total. The van der Waals surface area contributed by atoms with E-state index in [1.165, 1.54) is 28.5 Å². The Morgan fingerprint density at radius 2 is 1.62 bits per heavy atom. The third kappa shape index (κ3) is 1.91. The number of rotatable bonds is 1. The first kappa shape index (κ1) is 12.2. The molecular weight excluding hydrogens is 261 g/mol. The summed E-state index contributed by atoms with van der Waals surface area (Å²) >= 11 is 0. The predicted molar refractivity (Wildman–Crippen MR) is 85.9 cm³/mol. The molecule has 0 amide bonds. The summed E-state index contributed by atoms with van der Waals surface area (Å²) in [5.41, 5.74) is 5.57. The molecule has 1 heterocycles. The monoisotopic (exact) mass is 275 g/mol. The number of para-hydroxylation sites is 1. The maximum absolute atomic E-state index is 13.2. The van der Waals surface area contributed by atoms with Gasteiger partial charge in [0.2, 0.25) is 0 Å². The normalized spacial score (nSPS) is 11.3. The summed E-state index contributed by atoms with van der Waals surface area (Å²) in [5, 5.41) is 2.43. The predicted octanol–water partition coefficient (Wildman–Crippen LogP) is 5.44. The van der Waals surface area contributed by atoms with Crippen molar-refractivity contribution in [2.75, 3.05) is 0 Å². The van der Waals surface area contributed by atoms with Crippen molar-refractivity contribution in [2.24, 2.45) is 0 Å². The number of aryl methyl sites for hydroxylation is 1. The first-order valence-corrected chi connectivity index (χ1v) is 6.99. The fraction of sp³-hybridized carbons (Fsp3) is 0.0526. The maximum atomic E-state index is 13.2. The van der Waals surface area contributed by atoms with Crippen molar-refractivity contribution in [3.8, 4) is 11.1 Å². The molecule has 4 aromatic rings. The largest absolute Gasteiger partial charge is 0.354 e. The van der Waals surface area contributed by atoms with Gasteiger partial charge in [0.15, 0.2) is 0 Å². The Morgan fingerprint density at radius 3 is 2.43 bits per heavy atom. The van der Waals surface area contributed by atoms with E-state index in [4.69, 9.17) is 0 Å². The highest BCUT2D eigenvalue weighted by Crippen LogP contribution is 2.34. The van der Waals surface area contributed by atoms with Crippen LogP contribution in [0.4, 0.5) is 4.39 Å². The van der Waals surface area contributed by atoms with Crippen LogP contribution < -0.4 is 0 Å². The Hall–Kier alpha value is -2.61. The van der Waals surface area contributed by atoms with Gasteiger partial charge in [-0.15, -0.1) is 0 Å². The Bertz CT molecular complexity index is 949. The van der Waals surface area contributed by atoms with E-state index in [1.54, 1.807) is 0 Å². The standard InChI is InChI=1S/C19H14FN/c1-12-10-16(13-6-8-14(20)9-7-13)19-17(11-12)15-4-2-3-5-18(15)21-19/h2-11,21H,1H3. The maximum Gasteiger partial charge on any atom is 0.123 e. The molecule has 1 nitrogen and oxygen atoms in total. The van der Waals surface area contributed by atoms with Crippen molar-refractivity contribution in [1.29, 1.82) is 0 Å². The molecule has 0 aliphatic rings. The van der Waals surface area contributed by atoms with Gasteiger partial charge < -0.3 is 4.98 Å². The molecule has 0 bridgehead atoms. The smallest absolute Gasteiger partial charge is 0.123 e. The van der Waals surface area contributed by atoms with Crippen LogP contribution in [0, 0.1) is 12.7 Å². The van der Waals surface area contributed by atoms with Crippen molar-refractivity contribution >= 4 is 21.8 Å².